The van der Waals surface area contributed by atoms with Crippen molar-refractivity contribution in [1.82, 2.24) is 14.5 Å². The smallest absolute Gasteiger partial charge is 0.255 e. The molecule has 1 aliphatic heterocycles. The lowest BCUT2D eigenvalue weighted by Crippen LogP contribution is -2.34. The van der Waals surface area contributed by atoms with Crippen molar-refractivity contribution in [3.63, 3.8) is 0 Å². The number of aromatic amines is 1. The molecule has 0 bridgehead atoms. The highest BCUT2D eigenvalue weighted by molar-refractivity contribution is 5.84. The summed E-state index contributed by atoms with van der Waals surface area (Å²) in [6.07, 6.45) is 8.56. The van der Waals surface area contributed by atoms with E-state index in [2.05, 4.69) is 39.0 Å². The number of H-pyrrole nitrogens is 1. The average molecular weight is 307 g/mol. The van der Waals surface area contributed by atoms with E-state index in [0.29, 0.717) is 6.04 Å². The molecule has 0 amide bonds. The molecule has 4 nitrogen and oxygen atoms in total. The molecule has 1 aromatic carbocycles. The third-order valence-corrected chi connectivity index (χ3v) is 4.90. The van der Waals surface area contributed by atoms with Gasteiger partial charge in [-0.2, -0.15) is 0 Å². The molecule has 0 spiro atoms. The zero-order valence-electron chi connectivity index (χ0n) is 13.1. The normalized spacial score (nSPS) is 16.9. The molecule has 118 valence electrons. The van der Waals surface area contributed by atoms with Crippen molar-refractivity contribution in [2.45, 2.75) is 25.4 Å². The zero-order chi connectivity index (χ0) is 15.6. The van der Waals surface area contributed by atoms with Gasteiger partial charge in [-0.15, -0.1) is 0 Å². The maximum Gasteiger partial charge on any atom is 0.255 e. The number of nitrogens with one attached hydrogen (secondary N) is 1. The summed E-state index contributed by atoms with van der Waals surface area (Å²) < 4.78 is 2.33. The standard InChI is InChI=1S/C19H21N3O/c23-19-18-6-2-1-5-17(18)15(13-20-19)14-21-11-7-16(8-12-21)22-9-3-4-10-22/h1-6,9-10,13,16H,7-8,11-12,14H2,(H,20,23). The van der Waals surface area contributed by atoms with Crippen molar-refractivity contribution in [3.05, 3.63) is 70.9 Å². The number of hydrogen-bond donors (Lipinski definition) is 1. The molecule has 0 atom stereocenters. The summed E-state index contributed by atoms with van der Waals surface area (Å²) in [6.45, 7) is 3.09. The molecule has 2 aromatic heterocycles. The van der Waals surface area contributed by atoms with E-state index in [1.54, 1.807) is 0 Å². The Hall–Kier alpha value is -2.33. The number of rotatable bonds is 3. The van der Waals surface area contributed by atoms with Crippen LogP contribution in [0, 0.1) is 0 Å². The van der Waals surface area contributed by atoms with Crippen LogP contribution in [0.15, 0.2) is 59.8 Å². The number of likely N-dealkylation sites (tertiary alicyclic amines) is 1. The van der Waals surface area contributed by atoms with E-state index >= 15 is 0 Å². The molecule has 4 rings (SSSR count). The second kappa shape index (κ2) is 6.05. The number of hydrogen-bond acceptors (Lipinski definition) is 2. The first-order chi connectivity index (χ1) is 11.3. The van der Waals surface area contributed by atoms with Gasteiger partial charge in [-0.3, -0.25) is 9.69 Å². The Labute approximate surface area is 135 Å². The van der Waals surface area contributed by atoms with E-state index in [9.17, 15) is 4.79 Å². The molecule has 1 fully saturated rings. The van der Waals surface area contributed by atoms with Gasteiger partial charge in [0.05, 0.1) is 0 Å². The van der Waals surface area contributed by atoms with Gasteiger partial charge in [0.2, 0.25) is 0 Å². The zero-order valence-corrected chi connectivity index (χ0v) is 13.1. The van der Waals surface area contributed by atoms with Crippen molar-refractivity contribution in [3.8, 4) is 0 Å². The quantitative estimate of drug-likeness (QED) is 0.807. The van der Waals surface area contributed by atoms with Crippen LogP contribution >= 0.6 is 0 Å². The summed E-state index contributed by atoms with van der Waals surface area (Å²) >= 11 is 0. The lowest BCUT2D eigenvalue weighted by Gasteiger charge is -2.32. The van der Waals surface area contributed by atoms with E-state index < -0.39 is 0 Å². The number of pyridine rings is 1. The maximum absolute atomic E-state index is 11.9. The fourth-order valence-corrected chi connectivity index (χ4v) is 3.61. The minimum Gasteiger partial charge on any atom is -0.351 e. The Morgan fingerprint density at radius 3 is 2.43 bits per heavy atom. The molecular formula is C19H21N3O. The van der Waals surface area contributed by atoms with Crippen LogP contribution in [0.2, 0.25) is 0 Å². The van der Waals surface area contributed by atoms with E-state index in [-0.39, 0.29) is 5.56 Å². The molecule has 0 unspecified atom stereocenters. The van der Waals surface area contributed by atoms with Gasteiger partial charge in [0.15, 0.2) is 0 Å². The van der Waals surface area contributed by atoms with Crippen LogP contribution in [0.3, 0.4) is 0 Å². The van der Waals surface area contributed by atoms with Crippen molar-refractivity contribution in [2.75, 3.05) is 13.1 Å². The van der Waals surface area contributed by atoms with Crippen LogP contribution < -0.4 is 5.56 Å². The third-order valence-electron chi connectivity index (χ3n) is 4.90. The van der Waals surface area contributed by atoms with Gasteiger partial charge in [0.1, 0.15) is 0 Å². The average Bonchev–Trinajstić information content (AvgIpc) is 3.13. The summed E-state index contributed by atoms with van der Waals surface area (Å²) in [6, 6.07) is 12.7. The lowest BCUT2D eigenvalue weighted by atomic mass is 10.0. The highest BCUT2D eigenvalue weighted by Crippen LogP contribution is 2.24. The first-order valence-corrected chi connectivity index (χ1v) is 8.25. The summed E-state index contributed by atoms with van der Waals surface area (Å²) in [7, 11) is 0. The molecule has 23 heavy (non-hydrogen) atoms. The molecule has 3 heterocycles. The van der Waals surface area contributed by atoms with Crippen LogP contribution in [0.1, 0.15) is 24.4 Å². The van der Waals surface area contributed by atoms with Crippen LogP contribution in [-0.2, 0) is 6.54 Å². The second-order valence-corrected chi connectivity index (χ2v) is 6.33. The van der Waals surface area contributed by atoms with E-state index in [1.807, 2.05) is 30.5 Å². The molecule has 0 radical (unpaired) electrons. The van der Waals surface area contributed by atoms with Crippen LogP contribution in [0.5, 0.6) is 0 Å². The molecule has 0 aliphatic carbocycles. The molecule has 1 aliphatic rings. The van der Waals surface area contributed by atoms with Crippen LogP contribution in [-0.4, -0.2) is 27.5 Å². The van der Waals surface area contributed by atoms with E-state index in [0.717, 1.165) is 30.4 Å². The minimum atomic E-state index is -0.00401. The molecular weight excluding hydrogens is 286 g/mol. The fourth-order valence-electron chi connectivity index (χ4n) is 3.61. The first kappa shape index (κ1) is 14.3. The van der Waals surface area contributed by atoms with Gasteiger partial charge < -0.3 is 9.55 Å². The Balaban J connectivity index is 1.50. The van der Waals surface area contributed by atoms with Gasteiger partial charge in [-0.25, -0.2) is 0 Å². The van der Waals surface area contributed by atoms with Crippen LogP contribution in [0.4, 0.5) is 0 Å². The summed E-state index contributed by atoms with van der Waals surface area (Å²) in [5.74, 6) is 0. The third kappa shape index (κ3) is 2.82. The number of aromatic nitrogens is 2. The molecule has 0 saturated carbocycles. The molecule has 4 heteroatoms. The number of nitrogens with zero attached hydrogens (tertiary/aromatic N) is 2. The Kier molecular flexibility index (Phi) is 3.75. The number of piperidine rings is 1. The van der Waals surface area contributed by atoms with Gasteiger partial charge in [-0.05, 0) is 42.0 Å². The van der Waals surface area contributed by atoms with Crippen molar-refractivity contribution in [1.29, 1.82) is 0 Å². The van der Waals surface area contributed by atoms with E-state index in [1.165, 1.54) is 18.4 Å². The minimum absolute atomic E-state index is 0.00401. The maximum atomic E-state index is 11.9. The Morgan fingerprint density at radius 2 is 1.70 bits per heavy atom. The van der Waals surface area contributed by atoms with Gasteiger partial charge >= 0.3 is 0 Å². The molecule has 1 N–H and O–H groups in total. The predicted molar refractivity (Wildman–Crippen MR) is 92.5 cm³/mol. The monoisotopic (exact) mass is 307 g/mol. The summed E-state index contributed by atoms with van der Waals surface area (Å²) in [5, 5.41) is 1.86. The Morgan fingerprint density at radius 1 is 1.00 bits per heavy atom. The van der Waals surface area contributed by atoms with Crippen molar-refractivity contribution in [2.24, 2.45) is 0 Å². The fraction of sp³-hybridized carbons (Fsp3) is 0.316. The highest BCUT2D eigenvalue weighted by Gasteiger charge is 2.20. The largest absolute Gasteiger partial charge is 0.351 e. The Bertz CT molecular complexity index is 842. The van der Waals surface area contributed by atoms with Gasteiger partial charge in [0.25, 0.3) is 5.56 Å². The lowest BCUT2D eigenvalue weighted by molar-refractivity contribution is 0.180. The topological polar surface area (TPSA) is 41.0 Å². The van der Waals surface area contributed by atoms with Crippen LogP contribution in [0.25, 0.3) is 10.8 Å². The number of benzene rings is 1. The summed E-state index contributed by atoms with van der Waals surface area (Å²) in [4.78, 5) is 17.3. The summed E-state index contributed by atoms with van der Waals surface area (Å²) in [5.41, 5.74) is 1.20. The van der Waals surface area contributed by atoms with Crippen molar-refractivity contribution >= 4 is 10.8 Å². The SMILES string of the molecule is O=c1[nH]cc(CN2CCC(n3cccc3)CC2)c2ccccc12. The van der Waals surface area contributed by atoms with E-state index in [4.69, 9.17) is 0 Å². The number of fused-ring (bicyclic) bond motifs is 1. The van der Waals surface area contributed by atoms with Crippen molar-refractivity contribution < 1.29 is 0 Å². The molecule has 1 saturated heterocycles. The second-order valence-electron chi connectivity index (χ2n) is 6.33. The molecule has 3 aromatic rings. The first-order valence-electron chi connectivity index (χ1n) is 8.25. The highest BCUT2D eigenvalue weighted by atomic mass is 16.1. The van der Waals surface area contributed by atoms with Gasteiger partial charge in [-0.1, -0.05) is 18.2 Å². The predicted octanol–water partition coefficient (Wildman–Crippen LogP) is 3.17. The van der Waals surface area contributed by atoms with Gasteiger partial charge in [0, 0.05) is 49.7 Å².